The maximum atomic E-state index is 14.9. The molecule has 2 aromatic carbocycles. The number of fused-ring (bicyclic) bond motifs is 1. The van der Waals surface area contributed by atoms with E-state index in [0.717, 1.165) is 34.9 Å². The molecule has 2 heteroatoms. The van der Waals surface area contributed by atoms with E-state index in [2.05, 4.69) is 4.98 Å². The molecule has 0 N–H and O–H groups in total. The van der Waals surface area contributed by atoms with Crippen LogP contribution < -0.4 is 0 Å². The van der Waals surface area contributed by atoms with E-state index < -0.39 is 0 Å². The number of halogens is 1. The van der Waals surface area contributed by atoms with Crippen LogP contribution >= 0.6 is 0 Å². The van der Waals surface area contributed by atoms with Crippen molar-refractivity contribution in [3.05, 3.63) is 66.0 Å². The number of para-hydroxylation sites is 1. The Kier molecular flexibility index (Phi) is 2.56. The fourth-order valence-electron chi connectivity index (χ4n) is 2.77. The Labute approximate surface area is 117 Å². The zero-order chi connectivity index (χ0) is 13.5. The van der Waals surface area contributed by atoms with Gasteiger partial charge in [-0.05, 0) is 24.8 Å². The number of pyridine rings is 1. The molecule has 1 heterocycles. The van der Waals surface area contributed by atoms with Crippen molar-refractivity contribution in [2.45, 2.75) is 18.8 Å². The third-order valence-electron chi connectivity index (χ3n) is 3.90. The molecule has 0 amide bonds. The molecule has 4 rings (SSSR count). The minimum absolute atomic E-state index is 0.141. The summed E-state index contributed by atoms with van der Waals surface area (Å²) in [4.78, 5) is 4.54. The summed E-state index contributed by atoms with van der Waals surface area (Å²) in [5.41, 5.74) is 3.06. The second-order valence-electron chi connectivity index (χ2n) is 5.35. The minimum atomic E-state index is -0.141. The highest BCUT2D eigenvalue weighted by molar-refractivity contribution is 5.86. The number of hydrogen-bond acceptors (Lipinski definition) is 1. The maximum Gasteiger partial charge on any atom is 0.153 e. The topological polar surface area (TPSA) is 12.9 Å². The van der Waals surface area contributed by atoms with Crippen LogP contribution in [-0.2, 0) is 0 Å². The van der Waals surface area contributed by atoms with Crippen LogP contribution in [0.1, 0.15) is 24.3 Å². The standard InChI is InChI=1S/C18H14FN/c19-17-16(12-10-11-12)14-8-4-5-9-15(14)20-18(17)13-6-2-1-3-7-13/h1-9,12H,10-11H2. The first-order valence-corrected chi connectivity index (χ1v) is 6.98. The number of hydrogen-bond donors (Lipinski definition) is 0. The van der Waals surface area contributed by atoms with Crippen LogP contribution in [0.2, 0.25) is 0 Å². The third-order valence-corrected chi connectivity index (χ3v) is 3.90. The highest BCUT2D eigenvalue weighted by atomic mass is 19.1. The van der Waals surface area contributed by atoms with Crippen molar-refractivity contribution in [2.75, 3.05) is 0 Å². The molecular formula is C18H14FN. The fourth-order valence-corrected chi connectivity index (χ4v) is 2.77. The van der Waals surface area contributed by atoms with Gasteiger partial charge in [0.15, 0.2) is 5.82 Å². The van der Waals surface area contributed by atoms with Crippen LogP contribution in [0.15, 0.2) is 54.6 Å². The Hall–Kier alpha value is -2.22. The highest BCUT2D eigenvalue weighted by Crippen LogP contribution is 2.45. The molecule has 3 aromatic rings. The number of benzene rings is 2. The summed E-state index contributed by atoms with van der Waals surface area (Å²) in [6.45, 7) is 0. The van der Waals surface area contributed by atoms with Crippen LogP contribution in [0.25, 0.3) is 22.2 Å². The highest BCUT2D eigenvalue weighted by Gasteiger charge is 2.30. The van der Waals surface area contributed by atoms with Gasteiger partial charge in [-0.15, -0.1) is 0 Å². The second kappa shape index (κ2) is 4.41. The average molecular weight is 263 g/mol. The fraction of sp³-hybridized carbons (Fsp3) is 0.167. The summed E-state index contributed by atoms with van der Waals surface area (Å²) in [5, 5.41) is 0.965. The van der Waals surface area contributed by atoms with Crippen LogP contribution in [0.4, 0.5) is 4.39 Å². The summed E-state index contributed by atoms with van der Waals surface area (Å²) >= 11 is 0. The lowest BCUT2D eigenvalue weighted by Crippen LogP contribution is -1.98. The molecule has 98 valence electrons. The summed E-state index contributed by atoms with van der Waals surface area (Å²) in [7, 11) is 0. The monoisotopic (exact) mass is 263 g/mol. The van der Waals surface area contributed by atoms with E-state index in [1.807, 2.05) is 54.6 Å². The SMILES string of the molecule is Fc1c(-c2ccccc2)nc2ccccc2c1C1CC1. The van der Waals surface area contributed by atoms with Crippen molar-refractivity contribution in [2.24, 2.45) is 0 Å². The molecule has 0 radical (unpaired) electrons. The van der Waals surface area contributed by atoms with Gasteiger partial charge in [-0.2, -0.15) is 0 Å². The first-order chi connectivity index (χ1) is 9.84. The molecule has 0 atom stereocenters. The van der Waals surface area contributed by atoms with E-state index in [9.17, 15) is 4.39 Å². The van der Waals surface area contributed by atoms with Crippen LogP contribution in [-0.4, -0.2) is 4.98 Å². The molecule has 1 aliphatic rings. The quantitative estimate of drug-likeness (QED) is 0.639. The normalized spacial score (nSPS) is 14.7. The number of aromatic nitrogens is 1. The predicted octanol–water partition coefficient (Wildman–Crippen LogP) is 4.92. The molecule has 1 aromatic heterocycles. The van der Waals surface area contributed by atoms with Gasteiger partial charge in [0.2, 0.25) is 0 Å². The first-order valence-electron chi connectivity index (χ1n) is 6.98. The van der Waals surface area contributed by atoms with Gasteiger partial charge in [0.1, 0.15) is 5.69 Å². The lowest BCUT2D eigenvalue weighted by molar-refractivity contribution is 0.612. The van der Waals surface area contributed by atoms with E-state index in [1.54, 1.807) is 0 Å². The number of rotatable bonds is 2. The van der Waals surface area contributed by atoms with Crippen molar-refractivity contribution in [3.8, 4) is 11.3 Å². The van der Waals surface area contributed by atoms with Gasteiger partial charge in [0.25, 0.3) is 0 Å². The van der Waals surface area contributed by atoms with Gasteiger partial charge in [0, 0.05) is 16.5 Å². The van der Waals surface area contributed by atoms with Gasteiger partial charge in [-0.25, -0.2) is 9.37 Å². The van der Waals surface area contributed by atoms with Gasteiger partial charge in [-0.1, -0.05) is 48.5 Å². The lowest BCUT2D eigenvalue weighted by atomic mass is 10.00. The molecule has 0 unspecified atom stereocenters. The van der Waals surface area contributed by atoms with E-state index >= 15 is 0 Å². The van der Waals surface area contributed by atoms with Crippen molar-refractivity contribution >= 4 is 10.9 Å². The molecule has 1 saturated carbocycles. The Bertz CT molecular complexity index is 776. The van der Waals surface area contributed by atoms with Gasteiger partial charge >= 0.3 is 0 Å². The Balaban J connectivity index is 2.05. The van der Waals surface area contributed by atoms with Crippen LogP contribution in [0.5, 0.6) is 0 Å². The summed E-state index contributed by atoms with van der Waals surface area (Å²) in [6.07, 6.45) is 2.16. The predicted molar refractivity (Wildman–Crippen MR) is 79.1 cm³/mol. The lowest BCUT2D eigenvalue weighted by Gasteiger charge is -2.11. The van der Waals surface area contributed by atoms with E-state index in [1.165, 1.54) is 0 Å². The Morgan fingerprint density at radius 3 is 2.35 bits per heavy atom. The number of nitrogens with zero attached hydrogens (tertiary/aromatic N) is 1. The summed E-state index contributed by atoms with van der Waals surface area (Å²) < 4.78 is 14.9. The zero-order valence-corrected chi connectivity index (χ0v) is 11.0. The summed E-state index contributed by atoms with van der Waals surface area (Å²) in [5.74, 6) is 0.225. The molecular weight excluding hydrogens is 249 g/mol. The largest absolute Gasteiger partial charge is 0.245 e. The summed E-state index contributed by atoms with van der Waals surface area (Å²) in [6, 6.07) is 17.5. The molecule has 0 aliphatic heterocycles. The van der Waals surface area contributed by atoms with E-state index in [-0.39, 0.29) is 5.82 Å². The van der Waals surface area contributed by atoms with E-state index in [0.29, 0.717) is 11.6 Å². The van der Waals surface area contributed by atoms with Gasteiger partial charge < -0.3 is 0 Å². The van der Waals surface area contributed by atoms with Crippen molar-refractivity contribution in [1.29, 1.82) is 0 Å². The maximum absolute atomic E-state index is 14.9. The molecule has 1 nitrogen and oxygen atoms in total. The Morgan fingerprint density at radius 2 is 1.60 bits per heavy atom. The second-order valence-corrected chi connectivity index (χ2v) is 5.35. The molecule has 0 bridgehead atoms. The average Bonchev–Trinajstić information content (AvgIpc) is 3.32. The van der Waals surface area contributed by atoms with Crippen LogP contribution in [0.3, 0.4) is 0 Å². The van der Waals surface area contributed by atoms with Crippen molar-refractivity contribution < 1.29 is 4.39 Å². The molecule has 1 fully saturated rings. The molecule has 0 saturated heterocycles. The van der Waals surface area contributed by atoms with Crippen molar-refractivity contribution in [3.63, 3.8) is 0 Å². The smallest absolute Gasteiger partial charge is 0.153 e. The van der Waals surface area contributed by atoms with Crippen LogP contribution in [0, 0.1) is 5.82 Å². The first kappa shape index (κ1) is 11.6. The molecule has 1 aliphatic carbocycles. The minimum Gasteiger partial charge on any atom is -0.245 e. The molecule has 20 heavy (non-hydrogen) atoms. The van der Waals surface area contributed by atoms with Crippen molar-refractivity contribution in [1.82, 2.24) is 4.98 Å². The van der Waals surface area contributed by atoms with Gasteiger partial charge in [0.05, 0.1) is 5.52 Å². The van der Waals surface area contributed by atoms with Gasteiger partial charge in [-0.3, -0.25) is 0 Å². The van der Waals surface area contributed by atoms with E-state index in [4.69, 9.17) is 0 Å². The zero-order valence-electron chi connectivity index (χ0n) is 11.0. The Morgan fingerprint density at radius 1 is 0.900 bits per heavy atom. The molecule has 0 spiro atoms. The third kappa shape index (κ3) is 1.80.